The van der Waals surface area contributed by atoms with Gasteiger partial charge in [0.2, 0.25) is 0 Å². The van der Waals surface area contributed by atoms with Crippen LogP contribution < -0.4 is 0 Å². The van der Waals surface area contributed by atoms with Gasteiger partial charge >= 0.3 is 0 Å². The molecule has 3 atom stereocenters. The van der Waals surface area contributed by atoms with Gasteiger partial charge in [0.15, 0.2) is 5.78 Å². The van der Waals surface area contributed by atoms with Crippen molar-refractivity contribution >= 4 is 5.78 Å². The molecule has 0 amide bonds. The lowest BCUT2D eigenvalue weighted by molar-refractivity contribution is 0.0913. The monoisotopic (exact) mass is 256 g/mol. The van der Waals surface area contributed by atoms with Gasteiger partial charge in [0, 0.05) is 12.0 Å². The predicted octanol–water partition coefficient (Wildman–Crippen LogP) is 4.89. The van der Waals surface area contributed by atoms with E-state index in [0.717, 1.165) is 12.0 Å². The van der Waals surface area contributed by atoms with Gasteiger partial charge in [0.25, 0.3) is 0 Å². The molecular weight excluding hydrogens is 232 g/mol. The molecule has 0 aliphatic heterocycles. The van der Waals surface area contributed by atoms with Crippen LogP contribution in [0.15, 0.2) is 42.5 Å². The van der Waals surface area contributed by atoms with Crippen molar-refractivity contribution in [2.24, 2.45) is 17.8 Å². The van der Waals surface area contributed by atoms with E-state index in [2.05, 4.69) is 20.4 Å². The first kappa shape index (κ1) is 14.0. The molecule has 0 saturated heterocycles. The first-order valence-corrected chi connectivity index (χ1v) is 7.31. The van der Waals surface area contributed by atoms with Crippen LogP contribution in [-0.4, -0.2) is 5.78 Å². The van der Waals surface area contributed by atoms with Gasteiger partial charge < -0.3 is 0 Å². The van der Waals surface area contributed by atoms with Crippen LogP contribution in [0.3, 0.4) is 0 Å². The van der Waals surface area contributed by atoms with Crippen LogP contribution in [0.25, 0.3) is 0 Å². The quantitative estimate of drug-likeness (QED) is 0.554. The second-order valence-corrected chi connectivity index (χ2v) is 6.09. The van der Waals surface area contributed by atoms with Crippen LogP contribution in [-0.2, 0) is 0 Å². The molecule has 1 aromatic rings. The Kier molecular flexibility index (Phi) is 4.57. The normalized spacial score (nSPS) is 26.9. The zero-order chi connectivity index (χ0) is 13.8. The Morgan fingerprint density at radius 1 is 1.26 bits per heavy atom. The molecule has 2 rings (SSSR count). The second-order valence-electron chi connectivity index (χ2n) is 6.09. The van der Waals surface area contributed by atoms with Gasteiger partial charge in [0.05, 0.1) is 0 Å². The first-order chi connectivity index (χ1) is 9.08. The lowest BCUT2D eigenvalue weighted by Crippen LogP contribution is -2.25. The smallest absolute Gasteiger partial charge is 0.163 e. The van der Waals surface area contributed by atoms with E-state index in [0.29, 0.717) is 30.0 Å². The summed E-state index contributed by atoms with van der Waals surface area (Å²) in [4.78, 5) is 12.3. The molecule has 0 N–H and O–H groups in total. The minimum atomic E-state index is 0.291. The second kappa shape index (κ2) is 6.18. The maximum absolute atomic E-state index is 12.3. The predicted molar refractivity (Wildman–Crippen MR) is 80.2 cm³/mol. The van der Waals surface area contributed by atoms with Crippen molar-refractivity contribution in [1.82, 2.24) is 0 Å². The van der Waals surface area contributed by atoms with Crippen molar-refractivity contribution in [3.05, 3.63) is 48.0 Å². The van der Waals surface area contributed by atoms with Crippen molar-refractivity contribution in [3.8, 4) is 0 Å². The van der Waals surface area contributed by atoms with E-state index in [-0.39, 0.29) is 0 Å². The molecule has 1 aliphatic carbocycles. The summed E-state index contributed by atoms with van der Waals surface area (Å²) in [7, 11) is 0. The highest BCUT2D eigenvalue weighted by Crippen LogP contribution is 2.38. The summed E-state index contributed by atoms with van der Waals surface area (Å²) in [5.41, 5.74) is 2.14. The average molecular weight is 256 g/mol. The summed E-state index contributed by atoms with van der Waals surface area (Å²) in [5, 5.41) is 0. The lowest BCUT2D eigenvalue weighted by Gasteiger charge is -2.34. The number of ketones is 1. The molecule has 0 spiro atoms. The molecule has 102 valence electrons. The van der Waals surface area contributed by atoms with Crippen molar-refractivity contribution in [2.75, 3.05) is 0 Å². The number of benzene rings is 1. The van der Waals surface area contributed by atoms with Crippen LogP contribution in [0.5, 0.6) is 0 Å². The van der Waals surface area contributed by atoms with Gasteiger partial charge in [-0.25, -0.2) is 0 Å². The SMILES string of the molecule is C=C(C)C1CCC(C)C(CC(=O)c2ccccc2)C1. The van der Waals surface area contributed by atoms with E-state index < -0.39 is 0 Å². The van der Waals surface area contributed by atoms with Crippen LogP contribution in [0.2, 0.25) is 0 Å². The topological polar surface area (TPSA) is 17.1 Å². The molecular formula is C18H24O. The number of allylic oxidation sites excluding steroid dienone is 1. The van der Waals surface area contributed by atoms with Crippen molar-refractivity contribution < 1.29 is 4.79 Å². The number of hydrogen-bond acceptors (Lipinski definition) is 1. The Morgan fingerprint density at radius 2 is 1.95 bits per heavy atom. The summed E-state index contributed by atoms with van der Waals surface area (Å²) >= 11 is 0. The van der Waals surface area contributed by atoms with Crippen LogP contribution in [0.4, 0.5) is 0 Å². The molecule has 0 heterocycles. The number of carbonyl (C=O) groups is 1. The largest absolute Gasteiger partial charge is 0.294 e. The number of rotatable bonds is 4. The van der Waals surface area contributed by atoms with E-state index >= 15 is 0 Å². The molecule has 1 nitrogen and oxygen atoms in total. The highest BCUT2D eigenvalue weighted by atomic mass is 16.1. The Labute approximate surface area is 116 Å². The van der Waals surface area contributed by atoms with Crippen LogP contribution in [0, 0.1) is 17.8 Å². The van der Waals surface area contributed by atoms with Gasteiger partial charge in [-0.1, -0.05) is 49.4 Å². The van der Waals surface area contributed by atoms with Crippen LogP contribution in [0.1, 0.15) is 49.9 Å². The minimum Gasteiger partial charge on any atom is -0.294 e. The molecule has 1 aliphatic rings. The highest BCUT2D eigenvalue weighted by molar-refractivity contribution is 5.96. The fraction of sp³-hybridized carbons (Fsp3) is 0.500. The Hall–Kier alpha value is -1.37. The molecule has 19 heavy (non-hydrogen) atoms. The molecule has 0 radical (unpaired) electrons. The zero-order valence-electron chi connectivity index (χ0n) is 12.1. The number of Topliss-reactive ketones (excluding diaryl/α,β-unsaturated/α-hetero) is 1. The number of carbonyl (C=O) groups excluding carboxylic acids is 1. The fourth-order valence-corrected chi connectivity index (χ4v) is 3.13. The Morgan fingerprint density at radius 3 is 2.58 bits per heavy atom. The third-order valence-corrected chi connectivity index (χ3v) is 4.60. The van der Waals surface area contributed by atoms with E-state index in [9.17, 15) is 4.79 Å². The standard InChI is InChI=1S/C18H24O/c1-13(2)16-10-9-14(3)17(11-16)12-18(19)15-7-5-4-6-8-15/h4-8,14,16-17H,1,9-12H2,2-3H3. The fourth-order valence-electron chi connectivity index (χ4n) is 3.13. The van der Waals surface area contributed by atoms with Crippen molar-refractivity contribution in [2.45, 2.75) is 39.5 Å². The summed E-state index contributed by atoms with van der Waals surface area (Å²) < 4.78 is 0. The van der Waals surface area contributed by atoms with Gasteiger partial charge in [0.1, 0.15) is 0 Å². The van der Waals surface area contributed by atoms with E-state index in [1.54, 1.807) is 0 Å². The molecule has 1 aromatic carbocycles. The third kappa shape index (κ3) is 3.56. The maximum Gasteiger partial charge on any atom is 0.163 e. The number of hydrogen-bond donors (Lipinski definition) is 0. The molecule has 0 aromatic heterocycles. The Balaban J connectivity index is 2.01. The van der Waals surface area contributed by atoms with E-state index in [1.807, 2.05) is 30.3 Å². The summed E-state index contributed by atoms with van der Waals surface area (Å²) in [5.74, 6) is 2.08. The molecule has 1 fully saturated rings. The first-order valence-electron chi connectivity index (χ1n) is 7.31. The minimum absolute atomic E-state index is 0.291. The molecule has 3 unspecified atom stereocenters. The van der Waals surface area contributed by atoms with Gasteiger partial charge in [-0.2, -0.15) is 0 Å². The maximum atomic E-state index is 12.3. The van der Waals surface area contributed by atoms with Gasteiger partial charge in [-0.05, 0) is 43.9 Å². The van der Waals surface area contributed by atoms with Crippen molar-refractivity contribution in [1.29, 1.82) is 0 Å². The molecule has 1 heteroatoms. The summed E-state index contributed by atoms with van der Waals surface area (Å²) in [6.45, 7) is 8.50. The molecule has 1 saturated carbocycles. The zero-order valence-corrected chi connectivity index (χ0v) is 12.1. The summed E-state index contributed by atoms with van der Waals surface area (Å²) in [6, 6.07) is 9.68. The van der Waals surface area contributed by atoms with Crippen molar-refractivity contribution in [3.63, 3.8) is 0 Å². The summed E-state index contributed by atoms with van der Waals surface area (Å²) in [6.07, 6.45) is 4.29. The lowest BCUT2D eigenvalue weighted by atomic mass is 9.71. The third-order valence-electron chi connectivity index (χ3n) is 4.60. The van der Waals surface area contributed by atoms with Gasteiger partial charge in [-0.3, -0.25) is 4.79 Å². The van der Waals surface area contributed by atoms with E-state index in [4.69, 9.17) is 0 Å². The van der Waals surface area contributed by atoms with Gasteiger partial charge in [-0.15, -0.1) is 0 Å². The molecule has 0 bridgehead atoms. The van der Waals surface area contributed by atoms with E-state index in [1.165, 1.54) is 18.4 Å². The Bertz CT molecular complexity index is 446. The highest BCUT2D eigenvalue weighted by Gasteiger charge is 2.29. The average Bonchev–Trinajstić information content (AvgIpc) is 2.42. The van der Waals surface area contributed by atoms with Crippen LogP contribution >= 0.6 is 0 Å².